The van der Waals surface area contributed by atoms with Gasteiger partial charge in [0.1, 0.15) is 18.3 Å². The number of aliphatic hydroxyl groups is 2. The van der Waals surface area contributed by atoms with Gasteiger partial charge in [-0.15, -0.1) is 0 Å². The Labute approximate surface area is 153 Å². The fourth-order valence-corrected chi connectivity index (χ4v) is 7.19. The van der Waals surface area contributed by atoms with Crippen molar-refractivity contribution in [3.8, 4) is 0 Å². The number of hydrogen-bond acceptors (Lipinski definition) is 5. The van der Waals surface area contributed by atoms with E-state index in [9.17, 15) is 19.8 Å². The zero-order chi connectivity index (χ0) is 18.4. The topological polar surface area (TPSA) is 83.8 Å². The molecule has 8 atom stereocenters. The summed E-state index contributed by atoms with van der Waals surface area (Å²) in [6, 6.07) is 0. The quantitative estimate of drug-likeness (QED) is 0.553. The molecule has 5 heteroatoms. The van der Waals surface area contributed by atoms with Crippen molar-refractivity contribution in [2.24, 2.45) is 28.6 Å². The Kier molecular flexibility index (Phi) is 3.26. The first-order valence-corrected chi connectivity index (χ1v) is 9.80. The smallest absolute Gasteiger partial charge is 0.317 e. The summed E-state index contributed by atoms with van der Waals surface area (Å²) in [5.74, 6) is 0.679. The van der Waals surface area contributed by atoms with Crippen molar-refractivity contribution in [2.75, 3.05) is 0 Å². The van der Waals surface area contributed by atoms with Crippen LogP contribution in [0.25, 0.3) is 0 Å². The number of aliphatic hydroxyl groups excluding tert-OH is 2. The van der Waals surface area contributed by atoms with Crippen molar-refractivity contribution < 1.29 is 24.5 Å². The maximum atomic E-state index is 13.0. The molecule has 2 bridgehead atoms. The number of ketones is 1. The molecule has 26 heavy (non-hydrogen) atoms. The van der Waals surface area contributed by atoms with E-state index in [2.05, 4.69) is 13.0 Å². The minimum atomic E-state index is -1.02. The lowest BCUT2D eigenvalue weighted by Gasteiger charge is -2.55. The average Bonchev–Trinajstić information content (AvgIpc) is 3.10. The number of ether oxygens (including phenoxy) is 1. The zero-order valence-corrected chi connectivity index (χ0v) is 15.3. The highest BCUT2D eigenvalue weighted by Crippen LogP contribution is 2.67. The highest BCUT2D eigenvalue weighted by atomic mass is 16.6. The largest absolute Gasteiger partial charge is 0.459 e. The molecule has 4 aliphatic carbocycles. The molecule has 0 aromatic rings. The molecular weight excluding hydrogens is 332 g/mol. The van der Waals surface area contributed by atoms with E-state index in [-0.39, 0.29) is 23.1 Å². The maximum absolute atomic E-state index is 13.0. The van der Waals surface area contributed by atoms with Crippen LogP contribution in [0.4, 0.5) is 0 Å². The van der Waals surface area contributed by atoms with Crippen LogP contribution in [0.1, 0.15) is 46.0 Å². The van der Waals surface area contributed by atoms with Gasteiger partial charge in [0.25, 0.3) is 0 Å². The van der Waals surface area contributed by atoms with Crippen LogP contribution < -0.4 is 0 Å². The van der Waals surface area contributed by atoms with Crippen LogP contribution in [-0.2, 0) is 14.3 Å². The first-order chi connectivity index (χ1) is 12.3. The maximum Gasteiger partial charge on any atom is 0.317 e. The molecule has 140 valence electrons. The summed E-state index contributed by atoms with van der Waals surface area (Å²) in [5, 5.41) is 20.9. The second-order valence-corrected chi connectivity index (χ2v) is 9.19. The Morgan fingerprint density at radius 3 is 2.73 bits per heavy atom. The van der Waals surface area contributed by atoms with Gasteiger partial charge in [-0.2, -0.15) is 0 Å². The lowest BCUT2D eigenvalue weighted by Crippen LogP contribution is -2.56. The van der Waals surface area contributed by atoms with Gasteiger partial charge in [-0.25, -0.2) is 0 Å². The molecule has 1 spiro atoms. The number of carbonyl (C=O) groups is 2. The average molecular weight is 358 g/mol. The Morgan fingerprint density at radius 1 is 1.23 bits per heavy atom. The lowest BCUT2D eigenvalue weighted by atomic mass is 9.47. The van der Waals surface area contributed by atoms with Crippen molar-refractivity contribution in [3.63, 3.8) is 0 Å². The highest BCUT2D eigenvalue weighted by molar-refractivity contribution is 5.95. The number of carbonyl (C=O) groups excluding carboxylic acids is 2. The monoisotopic (exact) mass is 358 g/mol. The van der Waals surface area contributed by atoms with Gasteiger partial charge in [-0.1, -0.05) is 19.1 Å². The molecule has 5 aliphatic rings. The van der Waals surface area contributed by atoms with Crippen LogP contribution >= 0.6 is 0 Å². The van der Waals surface area contributed by atoms with E-state index in [1.54, 1.807) is 6.92 Å². The molecule has 5 rings (SSSR count). The summed E-state index contributed by atoms with van der Waals surface area (Å²) in [5.41, 5.74) is 0.765. The number of hydrogen-bond donors (Lipinski definition) is 2. The summed E-state index contributed by atoms with van der Waals surface area (Å²) < 4.78 is 5.52. The lowest BCUT2D eigenvalue weighted by molar-refractivity contribution is -0.153. The molecule has 3 fully saturated rings. The van der Waals surface area contributed by atoms with E-state index in [4.69, 9.17) is 4.74 Å². The normalized spacial score (nSPS) is 51.6. The molecule has 2 N–H and O–H groups in total. The number of esters is 1. The first kappa shape index (κ1) is 16.7. The van der Waals surface area contributed by atoms with Gasteiger partial charge in [0, 0.05) is 6.42 Å². The van der Waals surface area contributed by atoms with Gasteiger partial charge in [0.15, 0.2) is 5.78 Å². The molecule has 1 heterocycles. The SMILES string of the molecule is CC(=O)C1=CC[C@H]2[C@@H]3CC=C4[C@@H](O)[C@@H](O)[C@@H]5C[C@]4(C(=O)O5)[C@H]3CC[C@]12C. The van der Waals surface area contributed by atoms with E-state index in [0.29, 0.717) is 23.8 Å². The van der Waals surface area contributed by atoms with Crippen LogP contribution in [0.3, 0.4) is 0 Å². The third kappa shape index (κ3) is 1.74. The van der Waals surface area contributed by atoms with Crippen LogP contribution in [0.15, 0.2) is 23.3 Å². The second-order valence-electron chi connectivity index (χ2n) is 9.19. The zero-order valence-electron chi connectivity index (χ0n) is 15.3. The van der Waals surface area contributed by atoms with Gasteiger partial charge in [0.05, 0.1) is 5.41 Å². The summed E-state index contributed by atoms with van der Waals surface area (Å²) in [6.07, 6.45) is 5.37. The Bertz CT molecular complexity index is 766. The van der Waals surface area contributed by atoms with Crippen molar-refractivity contribution in [3.05, 3.63) is 23.3 Å². The predicted octanol–water partition coefficient (Wildman–Crippen LogP) is 1.92. The van der Waals surface area contributed by atoms with Gasteiger partial charge in [-0.3, -0.25) is 9.59 Å². The Hall–Kier alpha value is -1.46. The van der Waals surface area contributed by atoms with E-state index in [1.165, 1.54) is 0 Å². The summed E-state index contributed by atoms with van der Waals surface area (Å²) >= 11 is 0. The van der Waals surface area contributed by atoms with Crippen LogP contribution in [0, 0.1) is 28.6 Å². The molecule has 0 unspecified atom stereocenters. The van der Waals surface area contributed by atoms with E-state index in [1.807, 2.05) is 6.08 Å². The van der Waals surface area contributed by atoms with Gasteiger partial charge < -0.3 is 14.9 Å². The molecule has 1 saturated heterocycles. The van der Waals surface area contributed by atoms with Crippen LogP contribution in [0.2, 0.25) is 0 Å². The third-order valence-corrected chi connectivity index (χ3v) is 8.32. The highest BCUT2D eigenvalue weighted by Gasteiger charge is 2.68. The molecule has 0 radical (unpaired) electrons. The summed E-state index contributed by atoms with van der Waals surface area (Å²) in [4.78, 5) is 25.1. The van der Waals surface area contributed by atoms with Gasteiger partial charge in [-0.05, 0) is 66.9 Å². The predicted molar refractivity (Wildman–Crippen MR) is 92.8 cm³/mol. The van der Waals surface area contributed by atoms with E-state index in [0.717, 1.165) is 31.3 Å². The van der Waals surface area contributed by atoms with Crippen LogP contribution in [-0.4, -0.2) is 40.3 Å². The van der Waals surface area contributed by atoms with Crippen molar-refractivity contribution in [1.29, 1.82) is 0 Å². The minimum Gasteiger partial charge on any atom is -0.459 e. The Morgan fingerprint density at radius 2 is 2.00 bits per heavy atom. The van der Waals surface area contributed by atoms with Gasteiger partial charge >= 0.3 is 5.97 Å². The molecule has 2 saturated carbocycles. The molecule has 1 aliphatic heterocycles. The van der Waals surface area contributed by atoms with E-state index >= 15 is 0 Å². The van der Waals surface area contributed by atoms with Crippen molar-refractivity contribution in [2.45, 2.75) is 64.3 Å². The number of allylic oxidation sites excluding steroid dienone is 3. The third-order valence-electron chi connectivity index (χ3n) is 8.32. The molecular formula is C21H26O5. The van der Waals surface area contributed by atoms with Crippen molar-refractivity contribution >= 4 is 11.8 Å². The van der Waals surface area contributed by atoms with Crippen LogP contribution in [0.5, 0.6) is 0 Å². The van der Waals surface area contributed by atoms with Crippen molar-refractivity contribution in [1.82, 2.24) is 0 Å². The molecule has 0 aromatic carbocycles. The summed E-state index contributed by atoms with van der Waals surface area (Å²) in [6.45, 7) is 3.86. The van der Waals surface area contributed by atoms with E-state index < -0.39 is 23.7 Å². The first-order valence-electron chi connectivity index (χ1n) is 9.80. The molecule has 5 nitrogen and oxygen atoms in total. The molecule has 0 amide bonds. The molecule has 0 aromatic heterocycles. The number of rotatable bonds is 1. The van der Waals surface area contributed by atoms with Gasteiger partial charge in [0.2, 0.25) is 0 Å². The number of Topliss-reactive ketones (excluding diaryl/α,β-unsaturated/α-hetero) is 1. The summed E-state index contributed by atoms with van der Waals surface area (Å²) in [7, 11) is 0. The number of fused-ring (bicyclic) bond motifs is 4. The fraction of sp³-hybridized carbons (Fsp3) is 0.714. The standard InChI is InChI=1S/C21H26O5/c1-10(22)12-5-6-13-11-3-4-15-17(23)18(24)16-9-21(15,19(25)26-16)14(11)7-8-20(12,13)2/h4-5,11,13-14,16-18,23-24H,3,6-9H2,1-2H3/t11-,13-,14-,16-,17+,18-,20+,21-/m0/s1. The Balaban J connectivity index is 1.57. The fourth-order valence-electron chi connectivity index (χ4n) is 7.19. The second kappa shape index (κ2) is 5.08. The minimum absolute atomic E-state index is 0.107.